The van der Waals surface area contributed by atoms with E-state index in [1.165, 1.54) is 25.7 Å². The molecule has 0 radical (unpaired) electrons. The van der Waals surface area contributed by atoms with Gasteiger partial charge >= 0.3 is 0 Å². The predicted octanol–water partition coefficient (Wildman–Crippen LogP) is 2.48. The molecule has 68 valence electrons. The Morgan fingerprint density at radius 3 is 1.67 bits per heavy atom. The van der Waals surface area contributed by atoms with Crippen LogP contribution in [0.3, 0.4) is 0 Å². The molecule has 2 heteroatoms. The lowest BCUT2D eigenvalue weighted by atomic mass is 9.91. The third kappa shape index (κ3) is 2.43. The largest absolute Gasteiger partial charge is 0.292 e. The second-order valence-electron chi connectivity index (χ2n) is 3.23. The number of hydrogen-bond donors (Lipinski definition) is 0. The Labute approximate surface area is 74.8 Å². The summed E-state index contributed by atoms with van der Waals surface area (Å²) in [6.45, 7) is 3.97. The van der Waals surface area contributed by atoms with Crippen molar-refractivity contribution in [3.8, 4) is 0 Å². The molecular weight excluding hydrogens is 148 g/mol. The van der Waals surface area contributed by atoms with Crippen LogP contribution in [-0.4, -0.2) is 24.5 Å². The van der Waals surface area contributed by atoms with Gasteiger partial charge in [-0.15, -0.1) is 0 Å². The van der Waals surface area contributed by atoms with Crippen molar-refractivity contribution >= 4 is 12.4 Å². The van der Waals surface area contributed by atoms with Crippen LogP contribution in [0.4, 0.5) is 0 Å². The Bertz CT molecular complexity index is 153. The van der Waals surface area contributed by atoms with Crippen molar-refractivity contribution in [3.63, 3.8) is 0 Å². The van der Waals surface area contributed by atoms with Crippen molar-refractivity contribution in [1.82, 2.24) is 0 Å². The van der Waals surface area contributed by atoms with E-state index in [1.807, 2.05) is 26.3 Å². The molecule has 2 nitrogen and oxygen atoms in total. The maximum Gasteiger partial charge on any atom is 0.0718 e. The molecule has 12 heavy (non-hydrogen) atoms. The van der Waals surface area contributed by atoms with Crippen molar-refractivity contribution in [1.29, 1.82) is 0 Å². The van der Waals surface area contributed by atoms with Gasteiger partial charge in [0.25, 0.3) is 0 Å². The fourth-order valence-electron chi connectivity index (χ4n) is 1.82. The number of hydrogen-bond acceptors (Lipinski definition) is 2. The van der Waals surface area contributed by atoms with Gasteiger partial charge in [-0.3, -0.25) is 9.98 Å². The normalized spacial score (nSPS) is 31.8. The van der Waals surface area contributed by atoms with Crippen molar-refractivity contribution < 1.29 is 0 Å². The minimum atomic E-state index is 0.458. The summed E-state index contributed by atoms with van der Waals surface area (Å²) in [4.78, 5) is 8.89. The third-order valence-corrected chi connectivity index (χ3v) is 2.38. The average molecular weight is 166 g/mol. The lowest BCUT2D eigenvalue weighted by Gasteiger charge is -2.25. The van der Waals surface area contributed by atoms with Crippen LogP contribution in [0.5, 0.6) is 0 Å². The Balaban J connectivity index is 2.53. The second kappa shape index (κ2) is 5.07. The minimum Gasteiger partial charge on any atom is -0.292 e. The zero-order valence-corrected chi connectivity index (χ0v) is 8.03. The first-order valence-corrected chi connectivity index (χ1v) is 4.84. The van der Waals surface area contributed by atoms with Crippen LogP contribution in [0.15, 0.2) is 9.98 Å². The summed E-state index contributed by atoms with van der Waals surface area (Å²) in [6.07, 6.45) is 8.89. The molecule has 0 heterocycles. The molecule has 0 bridgehead atoms. The summed E-state index contributed by atoms with van der Waals surface area (Å²) < 4.78 is 0. The maximum atomic E-state index is 4.44. The van der Waals surface area contributed by atoms with E-state index in [-0.39, 0.29) is 0 Å². The molecule has 0 aliphatic heterocycles. The van der Waals surface area contributed by atoms with Gasteiger partial charge in [0, 0.05) is 0 Å². The molecule has 0 aromatic carbocycles. The van der Waals surface area contributed by atoms with Crippen LogP contribution < -0.4 is 0 Å². The van der Waals surface area contributed by atoms with Gasteiger partial charge in [-0.05, 0) is 39.1 Å². The highest BCUT2D eigenvalue weighted by Gasteiger charge is 2.22. The van der Waals surface area contributed by atoms with Gasteiger partial charge in [0.05, 0.1) is 12.1 Å². The molecule has 0 amide bonds. The van der Waals surface area contributed by atoms with E-state index in [1.54, 1.807) is 0 Å². The van der Waals surface area contributed by atoms with Crippen molar-refractivity contribution in [2.75, 3.05) is 0 Å². The minimum absolute atomic E-state index is 0.458. The molecule has 1 fully saturated rings. The topological polar surface area (TPSA) is 24.7 Å². The Kier molecular flexibility index (Phi) is 3.98. The average Bonchev–Trinajstić information content (AvgIpc) is 2.09. The van der Waals surface area contributed by atoms with Crippen molar-refractivity contribution in [2.24, 2.45) is 9.98 Å². The van der Waals surface area contributed by atoms with Gasteiger partial charge in [-0.1, -0.05) is 12.8 Å². The summed E-state index contributed by atoms with van der Waals surface area (Å²) in [5, 5.41) is 0. The number of nitrogens with zero attached hydrogens (tertiary/aromatic N) is 2. The zero-order chi connectivity index (χ0) is 8.81. The monoisotopic (exact) mass is 166 g/mol. The van der Waals surface area contributed by atoms with E-state index in [0.29, 0.717) is 12.1 Å². The third-order valence-electron chi connectivity index (χ3n) is 2.38. The van der Waals surface area contributed by atoms with Gasteiger partial charge < -0.3 is 0 Å². The molecule has 0 N–H and O–H groups in total. The SMILES string of the molecule is C/C=N/C1CCCCC1/N=C/C. The highest BCUT2D eigenvalue weighted by Crippen LogP contribution is 2.23. The fraction of sp³-hybridized carbons (Fsp3) is 0.800. The highest BCUT2D eigenvalue weighted by molar-refractivity contribution is 5.55. The first-order chi connectivity index (χ1) is 5.88. The van der Waals surface area contributed by atoms with Crippen LogP contribution in [0.25, 0.3) is 0 Å². The molecule has 1 saturated carbocycles. The van der Waals surface area contributed by atoms with Gasteiger partial charge in [-0.25, -0.2) is 0 Å². The molecular formula is C10H18N2. The molecule has 1 rings (SSSR count). The van der Waals surface area contributed by atoms with Gasteiger partial charge in [0.2, 0.25) is 0 Å². The summed E-state index contributed by atoms with van der Waals surface area (Å²) in [5.41, 5.74) is 0. The molecule has 1 aliphatic rings. The standard InChI is InChI=1S/C10H18N2/c1-3-11-9-7-5-6-8-10(9)12-4-2/h3-4,9-10H,5-8H2,1-2H3/b11-3+,12-4+. The summed E-state index contributed by atoms with van der Waals surface area (Å²) in [6, 6.07) is 0.917. The number of aliphatic imine (C=N–C) groups is 2. The Morgan fingerprint density at radius 2 is 1.33 bits per heavy atom. The first-order valence-electron chi connectivity index (χ1n) is 4.84. The van der Waals surface area contributed by atoms with Crippen LogP contribution in [-0.2, 0) is 0 Å². The molecule has 2 unspecified atom stereocenters. The van der Waals surface area contributed by atoms with Gasteiger partial charge in [0.15, 0.2) is 0 Å². The van der Waals surface area contributed by atoms with E-state index in [4.69, 9.17) is 0 Å². The zero-order valence-electron chi connectivity index (χ0n) is 8.03. The van der Waals surface area contributed by atoms with E-state index in [9.17, 15) is 0 Å². The second-order valence-corrected chi connectivity index (χ2v) is 3.23. The molecule has 1 aliphatic carbocycles. The Hall–Kier alpha value is -0.660. The van der Waals surface area contributed by atoms with Crippen LogP contribution in [0.1, 0.15) is 39.5 Å². The van der Waals surface area contributed by atoms with Crippen molar-refractivity contribution in [3.05, 3.63) is 0 Å². The van der Waals surface area contributed by atoms with Crippen molar-refractivity contribution in [2.45, 2.75) is 51.6 Å². The smallest absolute Gasteiger partial charge is 0.0718 e. The summed E-state index contributed by atoms with van der Waals surface area (Å²) in [7, 11) is 0. The van der Waals surface area contributed by atoms with Crippen LogP contribution in [0, 0.1) is 0 Å². The van der Waals surface area contributed by atoms with Crippen LogP contribution in [0.2, 0.25) is 0 Å². The lowest BCUT2D eigenvalue weighted by Crippen LogP contribution is -2.26. The quantitative estimate of drug-likeness (QED) is 0.563. The number of rotatable bonds is 2. The predicted molar refractivity (Wildman–Crippen MR) is 54.4 cm³/mol. The van der Waals surface area contributed by atoms with E-state index >= 15 is 0 Å². The fourth-order valence-corrected chi connectivity index (χ4v) is 1.82. The summed E-state index contributed by atoms with van der Waals surface area (Å²) >= 11 is 0. The van der Waals surface area contributed by atoms with E-state index in [0.717, 1.165) is 0 Å². The lowest BCUT2D eigenvalue weighted by molar-refractivity contribution is 0.390. The van der Waals surface area contributed by atoms with E-state index < -0.39 is 0 Å². The highest BCUT2D eigenvalue weighted by atomic mass is 14.9. The molecule has 0 saturated heterocycles. The molecule has 0 aromatic rings. The van der Waals surface area contributed by atoms with Gasteiger partial charge in [0.1, 0.15) is 0 Å². The van der Waals surface area contributed by atoms with Crippen LogP contribution >= 0.6 is 0 Å². The van der Waals surface area contributed by atoms with Gasteiger partial charge in [-0.2, -0.15) is 0 Å². The molecule has 2 atom stereocenters. The maximum absolute atomic E-state index is 4.44. The summed E-state index contributed by atoms with van der Waals surface area (Å²) in [5.74, 6) is 0. The Morgan fingerprint density at radius 1 is 0.917 bits per heavy atom. The first kappa shape index (κ1) is 9.43. The van der Waals surface area contributed by atoms with E-state index in [2.05, 4.69) is 9.98 Å². The molecule has 0 spiro atoms. The molecule has 0 aromatic heterocycles.